The van der Waals surface area contributed by atoms with Crippen molar-refractivity contribution in [2.45, 2.75) is 0 Å². The summed E-state index contributed by atoms with van der Waals surface area (Å²) in [5.74, 6) is -0.954. The molecule has 2 aromatic rings. The van der Waals surface area contributed by atoms with Crippen molar-refractivity contribution in [1.82, 2.24) is 9.55 Å². The summed E-state index contributed by atoms with van der Waals surface area (Å²) < 4.78 is 2.41. The average molecular weight is 255 g/mol. The first kappa shape index (κ1) is 9.21. The van der Waals surface area contributed by atoms with E-state index in [4.69, 9.17) is 5.11 Å². The van der Waals surface area contributed by atoms with E-state index in [-0.39, 0.29) is 5.56 Å². The van der Waals surface area contributed by atoms with Gasteiger partial charge in [-0.2, -0.15) is 0 Å². The summed E-state index contributed by atoms with van der Waals surface area (Å²) in [6.45, 7) is 0. The molecule has 1 aromatic heterocycles. The first-order valence-corrected chi connectivity index (χ1v) is 4.73. The van der Waals surface area contributed by atoms with Gasteiger partial charge in [-0.1, -0.05) is 0 Å². The number of rotatable bonds is 1. The summed E-state index contributed by atoms with van der Waals surface area (Å²) in [6, 6.07) is 3.31. The van der Waals surface area contributed by atoms with Gasteiger partial charge in [0.15, 0.2) is 0 Å². The van der Waals surface area contributed by atoms with Gasteiger partial charge in [0, 0.05) is 11.5 Å². The van der Waals surface area contributed by atoms with Gasteiger partial charge in [0.25, 0.3) is 0 Å². The fourth-order valence-corrected chi connectivity index (χ4v) is 1.81. The molecule has 1 heterocycles. The lowest BCUT2D eigenvalue weighted by Crippen LogP contribution is -1.97. The molecule has 1 N–H and O–H groups in total. The lowest BCUT2D eigenvalue weighted by Gasteiger charge is -1.99. The van der Waals surface area contributed by atoms with Crippen LogP contribution in [0.15, 0.2) is 22.9 Å². The van der Waals surface area contributed by atoms with E-state index in [1.54, 1.807) is 18.5 Å². The third kappa shape index (κ3) is 1.29. The van der Waals surface area contributed by atoms with Crippen LogP contribution < -0.4 is 0 Å². The highest BCUT2D eigenvalue weighted by atomic mass is 79.9. The van der Waals surface area contributed by atoms with Gasteiger partial charge in [-0.05, 0) is 28.1 Å². The molecule has 0 aliphatic heterocycles. The lowest BCUT2D eigenvalue weighted by atomic mass is 10.2. The summed E-state index contributed by atoms with van der Waals surface area (Å²) >= 11 is 3.21. The van der Waals surface area contributed by atoms with Crippen LogP contribution in [0.4, 0.5) is 0 Å². The van der Waals surface area contributed by atoms with Crippen LogP contribution in [0.25, 0.3) is 11.0 Å². The number of aromatic nitrogens is 2. The molecule has 0 unspecified atom stereocenters. The minimum Gasteiger partial charge on any atom is -0.478 e. The Balaban J connectivity index is 2.79. The van der Waals surface area contributed by atoms with Crippen LogP contribution in [0.3, 0.4) is 0 Å². The average Bonchev–Trinajstić information content (AvgIpc) is 2.46. The molecular weight excluding hydrogens is 248 g/mol. The zero-order valence-corrected chi connectivity index (χ0v) is 8.95. The molecule has 0 fully saturated rings. The predicted molar refractivity (Wildman–Crippen MR) is 55.4 cm³/mol. The molecule has 14 heavy (non-hydrogen) atoms. The minimum absolute atomic E-state index is 0.233. The van der Waals surface area contributed by atoms with Gasteiger partial charge in [0.1, 0.15) is 0 Å². The van der Waals surface area contributed by atoms with Gasteiger partial charge in [-0.15, -0.1) is 0 Å². The Labute approximate surface area is 88.3 Å². The molecule has 0 aliphatic rings. The first-order chi connectivity index (χ1) is 6.59. The Hall–Kier alpha value is -1.36. The Bertz CT molecular complexity index is 519. The predicted octanol–water partition coefficient (Wildman–Crippen LogP) is 2.03. The van der Waals surface area contributed by atoms with Crippen LogP contribution in [-0.4, -0.2) is 20.6 Å². The van der Waals surface area contributed by atoms with Crippen molar-refractivity contribution in [3.05, 3.63) is 28.5 Å². The highest BCUT2D eigenvalue weighted by Gasteiger charge is 2.11. The van der Waals surface area contributed by atoms with Gasteiger partial charge in [0.05, 0.1) is 22.9 Å². The molecule has 5 heteroatoms. The largest absolute Gasteiger partial charge is 0.478 e. The normalized spacial score (nSPS) is 10.7. The molecule has 0 spiro atoms. The Kier molecular flexibility index (Phi) is 2.03. The van der Waals surface area contributed by atoms with Crippen molar-refractivity contribution in [3.8, 4) is 0 Å². The van der Waals surface area contributed by atoms with Crippen LogP contribution in [-0.2, 0) is 7.05 Å². The number of nitrogens with zero attached hydrogens (tertiary/aromatic N) is 2. The molecule has 0 saturated carbocycles. The van der Waals surface area contributed by atoms with Crippen LogP contribution in [0.2, 0.25) is 0 Å². The molecule has 1 aromatic carbocycles. The number of carbonyl (C=O) groups is 1. The molecule has 0 bridgehead atoms. The summed E-state index contributed by atoms with van der Waals surface area (Å²) in [5.41, 5.74) is 1.83. The standard InChI is InChI=1S/C9H7BrN2O2/c1-12-4-11-7-2-5(9(13)14)6(10)3-8(7)12/h2-4H,1H3,(H,13,14). The Morgan fingerprint density at radius 2 is 2.29 bits per heavy atom. The van der Waals surface area contributed by atoms with Crippen LogP contribution >= 0.6 is 15.9 Å². The van der Waals surface area contributed by atoms with Crippen molar-refractivity contribution in [1.29, 1.82) is 0 Å². The van der Waals surface area contributed by atoms with Crippen molar-refractivity contribution >= 4 is 32.9 Å². The van der Waals surface area contributed by atoms with E-state index in [0.717, 1.165) is 5.52 Å². The maximum atomic E-state index is 10.8. The van der Waals surface area contributed by atoms with Crippen LogP contribution in [0, 0.1) is 0 Å². The van der Waals surface area contributed by atoms with Gasteiger partial charge < -0.3 is 9.67 Å². The minimum atomic E-state index is -0.954. The summed E-state index contributed by atoms with van der Waals surface area (Å²) in [7, 11) is 1.86. The van der Waals surface area contributed by atoms with E-state index in [1.165, 1.54) is 0 Å². The van der Waals surface area contributed by atoms with E-state index in [0.29, 0.717) is 9.99 Å². The first-order valence-electron chi connectivity index (χ1n) is 3.93. The van der Waals surface area contributed by atoms with Gasteiger partial charge in [-0.25, -0.2) is 9.78 Å². The number of fused-ring (bicyclic) bond motifs is 1. The maximum Gasteiger partial charge on any atom is 0.336 e. The topological polar surface area (TPSA) is 55.1 Å². The quantitative estimate of drug-likeness (QED) is 0.848. The van der Waals surface area contributed by atoms with E-state index in [2.05, 4.69) is 20.9 Å². The van der Waals surface area contributed by atoms with Crippen molar-refractivity contribution < 1.29 is 9.90 Å². The zero-order chi connectivity index (χ0) is 10.3. The summed E-state index contributed by atoms with van der Waals surface area (Å²) in [6.07, 6.45) is 1.66. The van der Waals surface area contributed by atoms with Crippen molar-refractivity contribution in [2.75, 3.05) is 0 Å². The molecule has 0 radical (unpaired) electrons. The molecular formula is C9H7BrN2O2. The van der Waals surface area contributed by atoms with Gasteiger partial charge in [-0.3, -0.25) is 0 Å². The lowest BCUT2D eigenvalue weighted by molar-refractivity contribution is 0.0696. The number of carboxylic acids is 1. The number of hydrogen-bond acceptors (Lipinski definition) is 2. The molecule has 2 rings (SSSR count). The molecule has 0 atom stereocenters. The number of benzene rings is 1. The molecule has 0 saturated heterocycles. The molecule has 4 nitrogen and oxygen atoms in total. The van der Waals surface area contributed by atoms with E-state index in [1.807, 2.05) is 11.6 Å². The summed E-state index contributed by atoms with van der Waals surface area (Å²) in [4.78, 5) is 14.9. The monoisotopic (exact) mass is 254 g/mol. The van der Waals surface area contributed by atoms with Crippen molar-refractivity contribution in [2.24, 2.45) is 7.05 Å². The molecule has 72 valence electrons. The molecule has 0 amide bonds. The second kappa shape index (κ2) is 3.09. The van der Waals surface area contributed by atoms with Crippen LogP contribution in [0.1, 0.15) is 10.4 Å². The number of imidazole rings is 1. The number of aryl methyl sites for hydroxylation is 1. The fraction of sp³-hybridized carbons (Fsp3) is 0.111. The second-order valence-electron chi connectivity index (χ2n) is 2.98. The Morgan fingerprint density at radius 3 is 2.93 bits per heavy atom. The number of aromatic carboxylic acids is 1. The zero-order valence-electron chi connectivity index (χ0n) is 7.36. The third-order valence-corrected chi connectivity index (χ3v) is 2.70. The van der Waals surface area contributed by atoms with Crippen LogP contribution in [0.5, 0.6) is 0 Å². The highest BCUT2D eigenvalue weighted by Crippen LogP contribution is 2.23. The smallest absolute Gasteiger partial charge is 0.336 e. The third-order valence-electron chi connectivity index (χ3n) is 2.04. The Morgan fingerprint density at radius 1 is 1.57 bits per heavy atom. The summed E-state index contributed by atoms with van der Waals surface area (Å²) in [5, 5.41) is 8.87. The van der Waals surface area contributed by atoms with E-state index < -0.39 is 5.97 Å². The van der Waals surface area contributed by atoms with Crippen molar-refractivity contribution in [3.63, 3.8) is 0 Å². The maximum absolute atomic E-state index is 10.8. The van der Waals surface area contributed by atoms with E-state index in [9.17, 15) is 4.79 Å². The number of halogens is 1. The number of hydrogen-bond donors (Lipinski definition) is 1. The second-order valence-corrected chi connectivity index (χ2v) is 3.84. The number of carboxylic acid groups (broad SMARTS) is 1. The van der Waals surface area contributed by atoms with E-state index >= 15 is 0 Å². The van der Waals surface area contributed by atoms with Gasteiger partial charge >= 0.3 is 5.97 Å². The fourth-order valence-electron chi connectivity index (χ4n) is 1.31. The van der Waals surface area contributed by atoms with Gasteiger partial charge in [0.2, 0.25) is 0 Å². The SMILES string of the molecule is Cn1cnc2cc(C(=O)O)c(Br)cc21. The highest BCUT2D eigenvalue weighted by molar-refractivity contribution is 9.10. The molecule has 0 aliphatic carbocycles.